The summed E-state index contributed by atoms with van der Waals surface area (Å²) in [5.41, 5.74) is 4.31. The second kappa shape index (κ2) is 6.28. The van der Waals surface area contributed by atoms with Gasteiger partial charge in [0, 0.05) is 22.4 Å². The maximum absolute atomic E-state index is 12.2. The minimum absolute atomic E-state index is 0.284. The van der Waals surface area contributed by atoms with E-state index in [0.717, 1.165) is 27.1 Å². The van der Waals surface area contributed by atoms with Crippen LogP contribution < -0.4 is 5.32 Å². The van der Waals surface area contributed by atoms with E-state index in [1.54, 1.807) is 13.0 Å². The number of carbonyl (C=O) groups excluding carboxylic acids is 2. The molecule has 0 atom stereocenters. The van der Waals surface area contributed by atoms with Crippen molar-refractivity contribution < 1.29 is 9.59 Å². The monoisotopic (exact) mass is 387 g/mol. The quantitative estimate of drug-likeness (QED) is 0.643. The molecule has 2 heterocycles. The number of nitrogens with one attached hydrogen (secondary N) is 1. The van der Waals surface area contributed by atoms with E-state index in [9.17, 15) is 9.59 Å². The molecule has 1 aliphatic heterocycles. The molecule has 3 amide bonds. The van der Waals surface area contributed by atoms with Crippen molar-refractivity contribution in [1.82, 2.24) is 14.8 Å². The summed E-state index contributed by atoms with van der Waals surface area (Å²) >= 11 is 3.58. The summed E-state index contributed by atoms with van der Waals surface area (Å²) < 4.78 is 3.11. The molecule has 3 rings (SSSR count). The number of imide groups is 1. The first-order valence-corrected chi connectivity index (χ1v) is 8.51. The Hall–Kier alpha value is -2.34. The van der Waals surface area contributed by atoms with E-state index in [2.05, 4.69) is 25.8 Å². The highest BCUT2D eigenvalue weighted by Gasteiger charge is 2.32. The van der Waals surface area contributed by atoms with Gasteiger partial charge in [-0.2, -0.15) is 0 Å². The number of aryl methyl sites for hydroxylation is 1. The van der Waals surface area contributed by atoms with Gasteiger partial charge in [-0.3, -0.25) is 9.69 Å². The summed E-state index contributed by atoms with van der Waals surface area (Å²) in [6, 6.07) is 9.62. The van der Waals surface area contributed by atoms with Gasteiger partial charge in [0.15, 0.2) is 0 Å². The predicted molar refractivity (Wildman–Crippen MR) is 96.8 cm³/mol. The van der Waals surface area contributed by atoms with Gasteiger partial charge in [-0.05, 0) is 66.5 Å². The smallest absolute Gasteiger partial charge is 0.317 e. The largest absolute Gasteiger partial charge is 0.328 e. The van der Waals surface area contributed by atoms with E-state index < -0.39 is 0 Å². The third-order valence-corrected chi connectivity index (χ3v) is 4.81. The van der Waals surface area contributed by atoms with Crippen LogP contribution >= 0.6 is 15.9 Å². The molecule has 1 N–H and O–H groups in total. The number of halogens is 1. The first-order valence-electron chi connectivity index (χ1n) is 7.72. The van der Waals surface area contributed by atoms with Crippen LogP contribution in [-0.2, 0) is 4.79 Å². The van der Waals surface area contributed by atoms with Crippen LogP contribution in [0.1, 0.15) is 23.9 Å². The van der Waals surface area contributed by atoms with Crippen LogP contribution in [0.4, 0.5) is 4.79 Å². The molecule has 0 spiro atoms. The lowest BCUT2D eigenvalue weighted by Crippen LogP contribution is -2.30. The number of rotatable bonds is 3. The normalized spacial score (nSPS) is 16.2. The van der Waals surface area contributed by atoms with Crippen LogP contribution in [0.5, 0.6) is 0 Å². The minimum atomic E-state index is -0.367. The molecule has 0 saturated carbocycles. The third kappa shape index (κ3) is 2.67. The zero-order valence-corrected chi connectivity index (χ0v) is 15.3. The van der Waals surface area contributed by atoms with Crippen molar-refractivity contribution in [3.8, 4) is 5.69 Å². The fourth-order valence-corrected chi connectivity index (χ4v) is 3.41. The molecule has 6 heteroatoms. The van der Waals surface area contributed by atoms with Crippen molar-refractivity contribution in [3.05, 3.63) is 57.5 Å². The van der Waals surface area contributed by atoms with Crippen LogP contribution in [0.25, 0.3) is 11.8 Å². The van der Waals surface area contributed by atoms with E-state index in [-0.39, 0.29) is 11.9 Å². The highest BCUT2D eigenvalue weighted by molar-refractivity contribution is 9.10. The van der Waals surface area contributed by atoms with Crippen molar-refractivity contribution in [2.45, 2.75) is 20.8 Å². The molecule has 1 fully saturated rings. The van der Waals surface area contributed by atoms with Gasteiger partial charge >= 0.3 is 6.03 Å². The molecule has 0 unspecified atom stereocenters. The molecule has 5 nitrogen and oxygen atoms in total. The number of carbonyl (C=O) groups is 2. The van der Waals surface area contributed by atoms with Gasteiger partial charge in [-0.15, -0.1) is 0 Å². The lowest BCUT2D eigenvalue weighted by Gasteiger charge is -2.11. The molecular weight excluding hydrogens is 370 g/mol. The topological polar surface area (TPSA) is 54.3 Å². The van der Waals surface area contributed by atoms with Gasteiger partial charge < -0.3 is 9.88 Å². The Morgan fingerprint density at radius 2 is 1.92 bits per heavy atom. The average Bonchev–Trinajstić information content (AvgIpc) is 2.97. The lowest BCUT2D eigenvalue weighted by molar-refractivity contribution is -0.122. The minimum Gasteiger partial charge on any atom is -0.317 e. The van der Waals surface area contributed by atoms with Gasteiger partial charge in [0.1, 0.15) is 5.70 Å². The van der Waals surface area contributed by atoms with Crippen LogP contribution in [0, 0.1) is 13.8 Å². The van der Waals surface area contributed by atoms with Crippen molar-refractivity contribution in [3.63, 3.8) is 0 Å². The average molecular weight is 388 g/mol. The van der Waals surface area contributed by atoms with Crippen molar-refractivity contribution in [2.24, 2.45) is 0 Å². The number of hydrogen-bond acceptors (Lipinski definition) is 2. The molecule has 2 aromatic rings. The van der Waals surface area contributed by atoms with Gasteiger partial charge in [-0.25, -0.2) is 4.79 Å². The van der Waals surface area contributed by atoms with Crippen LogP contribution in [-0.4, -0.2) is 28.0 Å². The number of hydrogen-bond donors (Lipinski definition) is 1. The molecule has 1 aromatic heterocycles. The van der Waals surface area contributed by atoms with Crippen LogP contribution in [0.2, 0.25) is 0 Å². The summed E-state index contributed by atoms with van der Waals surface area (Å²) in [6.45, 7) is 6.15. The number of para-hydroxylation sites is 1. The second-order valence-electron chi connectivity index (χ2n) is 5.65. The molecule has 1 aliphatic rings. The molecule has 0 radical (unpaired) electrons. The Morgan fingerprint density at radius 1 is 1.21 bits per heavy atom. The predicted octanol–water partition coefficient (Wildman–Crippen LogP) is 3.77. The Labute approximate surface area is 149 Å². The highest BCUT2D eigenvalue weighted by atomic mass is 79.9. The van der Waals surface area contributed by atoms with Crippen molar-refractivity contribution in [2.75, 3.05) is 6.54 Å². The summed E-state index contributed by atoms with van der Waals surface area (Å²) in [4.78, 5) is 25.2. The Morgan fingerprint density at radius 3 is 2.54 bits per heavy atom. The Kier molecular flexibility index (Phi) is 4.32. The SMILES string of the molecule is CCN1C(=O)N/C(=C\c2cc(C)n(-c3ccccc3Br)c2C)C1=O. The zero-order chi connectivity index (χ0) is 17.4. The molecule has 124 valence electrons. The number of urea groups is 1. The number of likely N-dealkylation sites (N-methyl/N-ethyl adjacent to an activating group) is 1. The van der Waals surface area contributed by atoms with Crippen molar-refractivity contribution in [1.29, 1.82) is 0 Å². The number of aromatic nitrogens is 1. The van der Waals surface area contributed by atoms with E-state index in [1.165, 1.54) is 4.90 Å². The fourth-order valence-electron chi connectivity index (χ4n) is 2.95. The molecule has 0 aliphatic carbocycles. The molecular formula is C18H18BrN3O2. The summed E-state index contributed by atoms with van der Waals surface area (Å²) in [6.07, 6.45) is 1.74. The molecule has 1 aromatic carbocycles. The highest BCUT2D eigenvalue weighted by Crippen LogP contribution is 2.28. The number of amides is 3. The maximum atomic E-state index is 12.2. The van der Waals surface area contributed by atoms with Gasteiger partial charge in [0.2, 0.25) is 0 Å². The standard InChI is InChI=1S/C18H18BrN3O2/c1-4-21-17(23)15(20-18(21)24)10-13-9-11(2)22(12(13)3)16-8-6-5-7-14(16)19/h5-10H,4H2,1-3H3,(H,20,24)/b15-10-. The first-order chi connectivity index (χ1) is 11.4. The molecule has 0 bridgehead atoms. The van der Waals surface area contributed by atoms with Gasteiger partial charge in [0.25, 0.3) is 5.91 Å². The van der Waals surface area contributed by atoms with E-state index >= 15 is 0 Å². The Balaban J connectivity index is 2.05. The second-order valence-corrected chi connectivity index (χ2v) is 6.51. The molecule has 1 saturated heterocycles. The Bertz CT molecular complexity index is 867. The summed E-state index contributed by atoms with van der Waals surface area (Å²) in [5.74, 6) is -0.284. The molecule has 24 heavy (non-hydrogen) atoms. The van der Waals surface area contributed by atoms with E-state index in [0.29, 0.717) is 12.2 Å². The van der Waals surface area contributed by atoms with Gasteiger partial charge in [0.05, 0.1) is 5.69 Å². The van der Waals surface area contributed by atoms with Gasteiger partial charge in [-0.1, -0.05) is 12.1 Å². The lowest BCUT2D eigenvalue weighted by atomic mass is 10.2. The third-order valence-electron chi connectivity index (χ3n) is 4.14. The summed E-state index contributed by atoms with van der Waals surface area (Å²) in [7, 11) is 0. The van der Waals surface area contributed by atoms with Crippen LogP contribution in [0.3, 0.4) is 0 Å². The zero-order valence-electron chi connectivity index (χ0n) is 13.8. The van der Waals surface area contributed by atoms with Crippen molar-refractivity contribution >= 4 is 33.9 Å². The van der Waals surface area contributed by atoms with E-state index in [1.807, 2.05) is 44.2 Å². The van der Waals surface area contributed by atoms with E-state index in [4.69, 9.17) is 0 Å². The number of benzene rings is 1. The fraction of sp³-hybridized carbons (Fsp3) is 0.222. The van der Waals surface area contributed by atoms with Crippen LogP contribution in [0.15, 0.2) is 40.5 Å². The first kappa shape index (κ1) is 16.5. The maximum Gasteiger partial charge on any atom is 0.328 e. The number of nitrogens with zero attached hydrogens (tertiary/aromatic N) is 2. The summed E-state index contributed by atoms with van der Waals surface area (Å²) in [5, 5.41) is 2.64.